The first kappa shape index (κ1) is 18.4. The van der Waals surface area contributed by atoms with Crippen molar-refractivity contribution in [2.45, 2.75) is 6.42 Å². The van der Waals surface area contributed by atoms with E-state index < -0.39 is 5.82 Å². The van der Waals surface area contributed by atoms with Crippen molar-refractivity contribution in [1.29, 1.82) is 0 Å². The van der Waals surface area contributed by atoms with E-state index in [1.54, 1.807) is 42.7 Å². The number of nitrogens with zero attached hydrogens (tertiary/aromatic N) is 6. The van der Waals surface area contributed by atoms with Crippen LogP contribution in [0, 0.1) is 5.82 Å². The first-order valence-electron chi connectivity index (χ1n) is 10.1. The Hall–Kier alpha value is -4.40. The lowest BCUT2D eigenvalue weighted by atomic mass is 10.1. The van der Waals surface area contributed by atoms with Gasteiger partial charge in [0.2, 0.25) is 5.82 Å². The van der Waals surface area contributed by atoms with Crippen LogP contribution in [0.1, 0.15) is 5.56 Å². The molecule has 0 fully saturated rings. The van der Waals surface area contributed by atoms with Crippen molar-refractivity contribution in [3.05, 3.63) is 78.4 Å². The van der Waals surface area contributed by atoms with Crippen molar-refractivity contribution >= 4 is 5.69 Å². The number of pyridine rings is 1. The molecule has 156 valence electrons. The number of rotatable bonds is 4. The van der Waals surface area contributed by atoms with E-state index in [0.717, 1.165) is 29.8 Å². The second-order valence-electron chi connectivity index (χ2n) is 7.36. The fourth-order valence-corrected chi connectivity index (χ4v) is 3.85. The van der Waals surface area contributed by atoms with Crippen LogP contribution >= 0.6 is 0 Å². The van der Waals surface area contributed by atoms with E-state index in [1.165, 1.54) is 16.3 Å². The maximum absolute atomic E-state index is 14.6. The Kier molecular flexibility index (Phi) is 4.24. The van der Waals surface area contributed by atoms with Gasteiger partial charge in [0.05, 0.1) is 0 Å². The number of fused-ring (bicyclic) bond motifs is 1. The van der Waals surface area contributed by atoms with E-state index in [4.69, 9.17) is 4.52 Å². The fraction of sp³-hybridized carbons (Fsp3) is 0.0870. The van der Waals surface area contributed by atoms with Gasteiger partial charge < -0.3 is 9.84 Å². The first-order valence-corrected chi connectivity index (χ1v) is 10.1. The van der Waals surface area contributed by atoms with Crippen LogP contribution in [0.3, 0.4) is 0 Å². The molecular formula is C23H16FN7O. The largest absolute Gasteiger partial charge is 0.384 e. The molecule has 4 heterocycles. The van der Waals surface area contributed by atoms with Crippen LogP contribution < -0.4 is 5.32 Å². The summed E-state index contributed by atoms with van der Waals surface area (Å²) in [6.07, 6.45) is 4.30. The van der Waals surface area contributed by atoms with E-state index >= 15 is 0 Å². The van der Waals surface area contributed by atoms with Crippen molar-refractivity contribution in [1.82, 2.24) is 30.1 Å². The van der Waals surface area contributed by atoms with Gasteiger partial charge in [0.1, 0.15) is 17.2 Å². The van der Waals surface area contributed by atoms with Crippen LogP contribution in [-0.4, -0.2) is 36.7 Å². The van der Waals surface area contributed by atoms with E-state index in [0.29, 0.717) is 17.2 Å². The molecule has 8 nitrogen and oxygen atoms in total. The molecule has 0 atom stereocenters. The molecule has 9 heteroatoms. The van der Waals surface area contributed by atoms with Gasteiger partial charge in [-0.2, -0.15) is 4.98 Å². The number of anilines is 1. The maximum Gasteiger partial charge on any atom is 0.281 e. The van der Waals surface area contributed by atoms with E-state index in [2.05, 4.69) is 36.8 Å². The Morgan fingerprint density at radius 1 is 1.00 bits per heavy atom. The molecule has 2 aromatic carbocycles. The minimum atomic E-state index is -0.420. The average molecular weight is 425 g/mol. The summed E-state index contributed by atoms with van der Waals surface area (Å²) in [7, 11) is 0. The molecule has 0 unspecified atom stereocenters. The standard InChI is InChI=1S/C23H16FN7O/c24-17-3-1-2-4-19(17)31-21(15-7-10-25-11-8-15)20(28-30-31)23-27-22(29-32-23)16-6-5-14-9-12-26-18(14)13-16/h1-8,10-11,13,26H,9,12H2. The summed E-state index contributed by atoms with van der Waals surface area (Å²) < 4.78 is 21.6. The van der Waals surface area contributed by atoms with Crippen molar-refractivity contribution < 1.29 is 8.91 Å². The van der Waals surface area contributed by atoms with E-state index in [-0.39, 0.29) is 11.6 Å². The molecule has 1 N–H and O–H groups in total. The zero-order chi connectivity index (χ0) is 21.5. The third kappa shape index (κ3) is 3.02. The van der Waals surface area contributed by atoms with Crippen molar-refractivity contribution in [3.8, 4) is 39.9 Å². The fourth-order valence-electron chi connectivity index (χ4n) is 3.85. The topological polar surface area (TPSA) is 94.6 Å². The van der Waals surface area contributed by atoms with Crippen LogP contribution in [0.5, 0.6) is 0 Å². The summed E-state index contributed by atoms with van der Waals surface area (Å²) in [6.45, 7) is 0.921. The average Bonchev–Trinajstić information content (AvgIpc) is 3.58. The van der Waals surface area contributed by atoms with Gasteiger partial charge in [-0.3, -0.25) is 4.98 Å². The quantitative estimate of drug-likeness (QED) is 0.462. The third-order valence-electron chi connectivity index (χ3n) is 5.41. The SMILES string of the molecule is Fc1ccccc1-n1nnc(-c2nc(-c3ccc4c(c3)NCC4)no2)c1-c1ccncc1. The molecule has 1 aliphatic rings. The molecule has 5 aromatic rings. The molecule has 6 rings (SSSR count). The number of para-hydroxylation sites is 1. The summed E-state index contributed by atoms with van der Waals surface area (Å²) in [5, 5.41) is 16.0. The van der Waals surface area contributed by atoms with Gasteiger partial charge in [0.25, 0.3) is 5.89 Å². The number of benzene rings is 2. The highest BCUT2D eigenvalue weighted by atomic mass is 19.1. The predicted octanol–water partition coefficient (Wildman–Crippen LogP) is 4.15. The van der Waals surface area contributed by atoms with Gasteiger partial charge in [-0.05, 0) is 42.3 Å². The van der Waals surface area contributed by atoms with E-state index in [9.17, 15) is 4.39 Å². The smallest absolute Gasteiger partial charge is 0.281 e. The number of halogens is 1. The Labute approximate surface area is 181 Å². The number of nitrogens with one attached hydrogen (secondary N) is 1. The van der Waals surface area contributed by atoms with Gasteiger partial charge in [-0.25, -0.2) is 9.07 Å². The van der Waals surface area contributed by atoms with Crippen LogP contribution in [0.4, 0.5) is 10.1 Å². The second kappa shape index (κ2) is 7.38. The van der Waals surface area contributed by atoms with Crippen LogP contribution in [0.2, 0.25) is 0 Å². The zero-order valence-electron chi connectivity index (χ0n) is 16.7. The Bertz CT molecular complexity index is 1430. The Morgan fingerprint density at radius 2 is 1.88 bits per heavy atom. The molecule has 0 bridgehead atoms. The molecular weight excluding hydrogens is 409 g/mol. The highest BCUT2D eigenvalue weighted by Gasteiger charge is 2.24. The summed E-state index contributed by atoms with van der Waals surface area (Å²) in [5.41, 5.74) is 5.08. The zero-order valence-corrected chi connectivity index (χ0v) is 16.7. The first-order chi connectivity index (χ1) is 15.8. The van der Waals surface area contributed by atoms with Gasteiger partial charge in [-0.15, -0.1) is 5.10 Å². The van der Waals surface area contributed by atoms with Crippen molar-refractivity contribution in [3.63, 3.8) is 0 Å². The van der Waals surface area contributed by atoms with E-state index in [1.807, 2.05) is 12.1 Å². The van der Waals surface area contributed by atoms with Crippen molar-refractivity contribution in [2.75, 3.05) is 11.9 Å². The number of aromatic nitrogens is 6. The van der Waals surface area contributed by atoms with Gasteiger partial charge >= 0.3 is 0 Å². The molecule has 0 spiro atoms. The minimum absolute atomic E-state index is 0.197. The summed E-state index contributed by atoms with van der Waals surface area (Å²) >= 11 is 0. The van der Waals surface area contributed by atoms with Gasteiger partial charge in [-0.1, -0.05) is 34.6 Å². The molecule has 1 aliphatic heterocycles. The van der Waals surface area contributed by atoms with Gasteiger partial charge in [0, 0.05) is 35.8 Å². The lowest BCUT2D eigenvalue weighted by molar-refractivity contribution is 0.431. The summed E-state index contributed by atoms with van der Waals surface area (Å²) in [5.74, 6) is 0.219. The van der Waals surface area contributed by atoms with Crippen LogP contribution in [0.15, 0.2) is 71.5 Å². The normalized spacial score (nSPS) is 12.5. The molecule has 3 aromatic heterocycles. The highest BCUT2D eigenvalue weighted by molar-refractivity contribution is 5.76. The Morgan fingerprint density at radius 3 is 2.75 bits per heavy atom. The summed E-state index contributed by atoms with van der Waals surface area (Å²) in [4.78, 5) is 8.63. The molecule has 0 aliphatic carbocycles. The van der Waals surface area contributed by atoms with Crippen molar-refractivity contribution in [2.24, 2.45) is 0 Å². The molecule has 0 saturated heterocycles. The minimum Gasteiger partial charge on any atom is -0.384 e. The van der Waals surface area contributed by atoms with Crippen LogP contribution in [0.25, 0.3) is 39.9 Å². The molecule has 0 radical (unpaired) electrons. The molecule has 32 heavy (non-hydrogen) atoms. The highest BCUT2D eigenvalue weighted by Crippen LogP contribution is 2.33. The molecule has 0 amide bonds. The Balaban J connectivity index is 1.48. The van der Waals surface area contributed by atoms with Crippen LogP contribution in [-0.2, 0) is 6.42 Å². The lowest BCUT2D eigenvalue weighted by Gasteiger charge is -2.08. The maximum atomic E-state index is 14.6. The second-order valence-corrected chi connectivity index (χ2v) is 7.36. The van der Waals surface area contributed by atoms with Gasteiger partial charge in [0.15, 0.2) is 5.69 Å². The third-order valence-corrected chi connectivity index (χ3v) is 5.41. The number of hydrogen-bond donors (Lipinski definition) is 1. The number of hydrogen-bond acceptors (Lipinski definition) is 7. The monoisotopic (exact) mass is 425 g/mol. The summed E-state index contributed by atoms with van der Waals surface area (Å²) in [6, 6.07) is 16.0. The predicted molar refractivity (Wildman–Crippen MR) is 115 cm³/mol. The molecule has 0 saturated carbocycles. The lowest BCUT2D eigenvalue weighted by Crippen LogP contribution is -2.02.